The highest BCUT2D eigenvalue weighted by Crippen LogP contribution is 2.32. The van der Waals surface area contributed by atoms with Gasteiger partial charge in [0, 0.05) is 22.8 Å². The lowest BCUT2D eigenvalue weighted by atomic mass is 10.2. The zero-order valence-electron chi connectivity index (χ0n) is 11.6. The standard InChI is InChI=1S/C15H15ClF2N2O/c1-8(2)21-15-7-14(13(19)6-12(15)18)20-11-4-9(16)3-10(17)5-11/h3-8,20H,19H2,1-2H3. The first-order valence-corrected chi connectivity index (χ1v) is 6.71. The molecule has 0 radical (unpaired) electrons. The molecule has 0 saturated carbocycles. The summed E-state index contributed by atoms with van der Waals surface area (Å²) in [4.78, 5) is 0. The molecule has 2 aromatic carbocycles. The van der Waals surface area contributed by atoms with Crippen molar-refractivity contribution < 1.29 is 13.5 Å². The summed E-state index contributed by atoms with van der Waals surface area (Å²) in [6.45, 7) is 3.57. The number of hydrogen-bond donors (Lipinski definition) is 2. The van der Waals surface area contributed by atoms with Gasteiger partial charge in [0.2, 0.25) is 0 Å². The van der Waals surface area contributed by atoms with Crippen molar-refractivity contribution >= 4 is 28.7 Å². The predicted octanol–water partition coefficient (Wildman–Crippen LogP) is 4.73. The minimum absolute atomic E-state index is 0.0733. The molecule has 0 heterocycles. The molecule has 3 N–H and O–H groups in total. The summed E-state index contributed by atoms with van der Waals surface area (Å²) in [5.41, 5.74) is 6.77. The van der Waals surface area contributed by atoms with Gasteiger partial charge in [-0.2, -0.15) is 0 Å². The molecule has 0 aromatic heterocycles. The summed E-state index contributed by atoms with van der Waals surface area (Å²) < 4.78 is 32.4. The molecular formula is C15H15ClF2N2O. The molecule has 0 atom stereocenters. The van der Waals surface area contributed by atoms with Crippen molar-refractivity contribution in [1.29, 1.82) is 0 Å². The van der Waals surface area contributed by atoms with E-state index < -0.39 is 11.6 Å². The predicted molar refractivity (Wildman–Crippen MR) is 81.3 cm³/mol. The minimum atomic E-state index is -0.552. The minimum Gasteiger partial charge on any atom is -0.488 e. The monoisotopic (exact) mass is 312 g/mol. The molecule has 2 aromatic rings. The Morgan fingerprint density at radius 1 is 1.14 bits per heavy atom. The van der Waals surface area contributed by atoms with Gasteiger partial charge in [-0.3, -0.25) is 0 Å². The van der Waals surface area contributed by atoms with Crippen LogP contribution in [0.2, 0.25) is 5.02 Å². The third kappa shape index (κ3) is 3.98. The number of rotatable bonds is 4. The number of nitrogen functional groups attached to an aromatic ring is 1. The van der Waals surface area contributed by atoms with Crippen LogP contribution in [-0.4, -0.2) is 6.10 Å². The summed E-state index contributed by atoms with van der Waals surface area (Å²) in [7, 11) is 0. The van der Waals surface area contributed by atoms with E-state index in [-0.39, 0.29) is 22.6 Å². The van der Waals surface area contributed by atoms with Crippen LogP contribution in [0.15, 0.2) is 30.3 Å². The first-order chi connectivity index (χ1) is 9.85. The molecule has 0 spiro atoms. The maximum atomic E-state index is 13.7. The molecule has 21 heavy (non-hydrogen) atoms. The molecular weight excluding hydrogens is 298 g/mol. The zero-order valence-corrected chi connectivity index (χ0v) is 12.3. The maximum absolute atomic E-state index is 13.7. The molecule has 0 bridgehead atoms. The van der Waals surface area contributed by atoms with Gasteiger partial charge in [0.15, 0.2) is 11.6 Å². The van der Waals surface area contributed by atoms with Crippen molar-refractivity contribution in [3.63, 3.8) is 0 Å². The second-order valence-electron chi connectivity index (χ2n) is 4.82. The lowest BCUT2D eigenvalue weighted by molar-refractivity contribution is 0.231. The van der Waals surface area contributed by atoms with Crippen molar-refractivity contribution in [2.24, 2.45) is 0 Å². The first kappa shape index (κ1) is 15.4. The van der Waals surface area contributed by atoms with Gasteiger partial charge in [-0.25, -0.2) is 8.78 Å². The van der Waals surface area contributed by atoms with Crippen molar-refractivity contribution in [3.05, 3.63) is 47.0 Å². The highest BCUT2D eigenvalue weighted by molar-refractivity contribution is 6.30. The Morgan fingerprint density at radius 3 is 2.48 bits per heavy atom. The summed E-state index contributed by atoms with van der Waals surface area (Å²) in [5.74, 6) is -0.961. The van der Waals surface area contributed by atoms with Crippen molar-refractivity contribution in [1.82, 2.24) is 0 Å². The van der Waals surface area contributed by atoms with E-state index in [1.54, 1.807) is 13.8 Å². The number of nitrogens with one attached hydrogen (secondary N) is 1. The van der Waals surface area contributed by atoms with Gasteiger partial charge >= 0.3 is 0 Å². The summed E-state index contributed by atoms with van der Waals surface area (Å²) in [5, 5.41) is 3.15. The topological polar surface area (TPSA) is 47.3 Å². The summed E-state index contributed by atoms with van der Waals surface area (Å²) in [6, 6.07) is 6.58. The third-order valence-electron chi connectivity index (χ3n) is 2.61. The van der Waals surface area contributed by atoms with Crippen molar-refractivity contribution in [2.75, 3.05) is 11.1 Å². The van der Waals surface area contributed by atoms with E-state index in [2.05, 4.69) is 5.32 Å². The van der Waals surface area contributed by atoms with E-state index in [1.165, 1.54) is 24.3 Å². The lowest BCUT2D eigenvalue weighted by Gasteiger charge is -2.15. The Kier molecular flexibility index (Phi) is 4.53. The van der Waals surface area contributed by atoms with Gasteiger partial charge in [0.25, 0.3) is 0 Å². The molecule has 0 unspecified atom stereocenters. The smallest absolute Gasteiger partial charge is 0.167 e. The summed E-state index contributed by atoms with van der Waals surface area (Å²) in [6.07, 6.45) is -0.181. The number of benzene rings is 2. The Balaban J connectivity index is 2.34. The second-order valence-corrected chi connectivity index (χ2v) is 5.26. The SMILES string of the molecule is CC(C)Oc1cc(Nc2cc(F)cc(Cl)c2)c(N)cc1F. The van der Waals surface area contributed by atoms with E-state index in [0.717, 1.165) is 6.07 Å². The van der Waals surface area contributed by atoms with E-state index in [0.29, 0.717) is 11.4 Å². The van der Waals surface area contributed by atoms with Crippen LogP contribution in [0, 0.1) is 11.6 Å². The Bertz CT molecular complexity index is 642. The van der Waals surface area contributed by atoms with Gasteiger partial charge in [-0.05, 0) is 32.0 Å². The maximum Gasteiger partial charge on any atom is 0.167 e. The van der Waals surface area contributed by atoms with Crippen LogP contribution in [0.3, 0.4) is 0 Å². The van der Waals surface area contributed by atoms with E-state index in [9.17, 15) is 8.78 Å². The van der Waals surface area contributed by atoms with Crippen molar-refractivity contribution in [3.8, 4) is 5.75 Å². The molecule has 0 aliphatic heterocycles. The third-order valence-corrected chi connectivity index (χ3v) is 2.83. The van der Waals surface area contributed by atoms with Gasteiger partial charge in [-0.1, -0.05) is 11.6 Å². The van der Waals surface area contributed by atoms with Crippen LogP contribution in [0.25, 0.3) is 0 Å². The van der Waals surface area contributed by atoms with Crippen LogP contribution in [0.4, 0.5) is 25.8 Å². The van der Waals surface area contributed by atoms with Gasteiger partial charge < -0.3 is 15.8 Å². The fourth-order valence-electron chi connectivity index (χ4n) is 1.80. The Hall–Kier alpha value is -2.01. The van der Waals surface area contributed by atoms with Gasteiger partial charge in [-0.15, -0.1) is 0 Å². The average molecular weight is 313 g/mol. The number of hydrogen-bond acceptors (Lipinski definition) is 3. The number of anilines is 3. The molecule has 0 saturated heterocycles. The quantitative estimate of drug-likeness (QED) is 0.802. The molecule has 0 fully saturated rings. The molecule has 6 heteroatoms. The molecule has 2 rings (SSSR count). The molecule has 0 aliphatic carbocycles. The van der Waals surface area contributed by atoms with Crippen LogP contribution in [0.5, 0.6) is 5.75 Å². The molecule has 0 aliphatic rings. The second kappa shape index (κ2) is 6.18. The van der Waals surface area contributed by atoms with E-state index in [4.69, 9.17) is 22.1 Å². The van der Waals surface area contributed by atoms with Gasteiger partial charge in [0.05, 0.1) is 17.5 Å². The number of halogens is 3. The first-order valence-electron chi connectivity index (χ1n) is 6.34. The molecule has 3 nitrogen and oxygen atoms in total. The lowest BCUT2D eigenvalue weighted by Crippen LogP contribution is -2.08. The van der Waals surface area contributed by atoms with Gasteiger partial charge in [0.1, 0.15) is 5.82 Å². The van der Waals surface area contributed by atoms with E-state index >= 15 is 0 Å². The van der Waals surface area contributed by atoms with E-state index in [1.807, 2.05) is 0 Å². The van der Waals surface area contributed by atoms with Crippen molar-refractivity contribution in [2.45, 2.75) is 20.0 Å². The summed E-state index contributed by atoms with van der Waals surface area (Å²) >= 11 is 5.79. The highest BCUT2D eigenvalue weighted by Gasteiger charge is 2.11. The highest BCUT2D eigenvalue weighted by atomic mass is 35.5. The largest absolute Gasteiger partial charge is 0.488 e. The fourth-order valence-corrected chi connectivity index (χ4v) is 2.02. The fraction of sp³-hybridized carbons (Fsp3) is 0.200. The average Bonchev–Trinajstić information content (AvgIpc) is 2.33. The normalized spacial score (nSPS) is 10.8. The van der Waals surface area contributed by atoms with Crippen LogP contribution < -0.4 is 15.8 Å². The number of nitrogens with two attached hydrogens (primary N) is 1. The van der Waals surface area contributed by atoms with Crippen LogP contribution in [0.1, 0.15) is 13.8 Å². The zero-order chi connectivity index (χ0) is 15.6. The molecule has 112 valence electrons. The number of ether oxygens (including phenoxy) is 1. The Labute approximate surface area is 126 Å². The van der Waals surface area contributed by atoms with Crippen LogP contribution >= 0.6 is 11.6 Å². The molecule has 0 amide bonds. The Morgan fingerprint density at radius 2 is 1.86 bits per heavy atom. The van der Waals surface area contributed by atoms with Crippen LogP contribution in [-0.2, 0) is 0 Å².